The first kappa shape index (κ1) is 21.5. The molecular weight excluding hydrogens is 454 g/mol. The van der Waals surface area contributed by atoms with E-state index in [1.54, 1.807) is 0 Å². The molecule has 5 heterocycles. The largest absolute Gasteiger partial charge is 0.454 e. The Hall–Kier alpha value is -3.78. The fraction of sp³-hybridized carbons (Fsp3) is 0.357. The predicted molar refractivity (Wildman–Crippen MR) is 139 cm³/mol. The van der Waals surface area contributed by atoms with Gasteiger partial charge in [-0.05, 0) is 45.0 Å². The van der Waals surface area contributed by atoms with Crippen molar-refractivity contribution >= 4 is 22.4 Å². The summed E-state index contributed by atoms with van der Waals surface area (Å²) in [5, 5.41) is 1.13. The Bertz CT molecular complexity index is 1480. The van der Waals surface area contributed by atoms with E-state index in [1.165, 1.54) is 5.56 Å². The molecule has 8 heteroatoms. The summed E-state index contributed by atoms with van der Waals surface area (Å²) in [6.45, 7) is 9.86. The maximum absolute atomic E-state index is 5.76. The first-order valence-corrected chi connectivity index (χ1v) is 12.5. The maximum Gasteiger partial charge on any atom is 0.231 e. The maximum atomic E-state index is 5.76. The molecule has 2 aromatic carbocycles. The van der Waals surface area contributed by atoms with Crippen molar-refractivity contribution in [2.45, 2.75) is 38.9 Å². The fourth-order valence-electron chi connectivity index (χ4n) is 5.75. The second-order valence-corrected chi connectivity index (χ2v) is 10.2. The number of morpholine rings is 1. The molecule has 0 amide bonds. The van der Waals surface area contributed by atoms with Gasteiger partial charge in [0.05, 0.1) is 30.5 Å². The van der Waals surface area contributed by atoms with Crippen LogP contribution in [0.5, 0.6) is 11.5 Å². The number of aromatic amines is 1. The number of hydrogen-bond donors (Lipinski definition) is 1. The minimum Gasteiger partial charge on any atom is -0.454 e. The molecule has 0 radical (unpaired) electrons. The number of H-pyrrole nitrogens is 1. The lowest BCUT2D eigenvalue weighted by molar-refractivity contribution is 0.0984. The van der Waals surface area contributed by atoms with Gasteiger partial charge in [-0.3, -0.25) is 0 Å². The Kier molecular flexibility index (Phi) is 4.70. The van der Waals surface area contributed by atoms with Crippen LogP contribution in [0.25, 0.3) is 22.3 Å². The van der Waals surface area contributed by atoms with Crippen molar-refractivity contribution in [3.05, 3.63) is 59.9 Å². The summed E-state index contributed by atoms with van der Waals surface area (Å²) in [7, 11) is 0. The van der Waals surface area contributed by atoms with Crippen molar-refractivity contribution in [2.75, 3.05) is 36.4 Å². The molecule has 0 bridgehead atoms. The highest BCUT2D eigenvalue weighted by molar-refractivity contribution is 5.93. The van der Waals surface area contributed by atoms with Gasteiger partial charge in [0.2, 0.25) is 6.79 Å². The number of nitrogens with zero attached hydrogens (tertiary/aromatic N) is 4. The van der Waals surface area contributed by atoms with Crippen LogP contribution >= 0.6 is 0 Å². The predicted octanol–water partition coefficient (Wildman–Crippen LogP) is 4.83. The van der Waals surface area contributed by atoms with Crippen LogP contribution in [0.3, 0.4) is 0 Å². The molecule has 1 atom stereocenters. The summed E-state index contributed by atoms with van der Waals surface area (Å²) >= 11 is 0. The minimum atomic E-state index is -0.350. The normalized spacial score (nSPS) is 20.2. The van der Waals surface area contributed by atoms with Crippen LogP contribution in [-0.2, 0) is 16.8 Å². The van der Waals surface area contributed by atoms with E-state index in [2.05, 4.69) is 72.0 Å². The van der Waals surface area contributed by atoms with Crippen molar-refractivity contribution in [1.82, 2.24) is 15.0 Å². The molecule has 7 rings (SSSR count). The molecule has 0 aliphatic carbocycles. The van der Waals surface area contributed by atoms with E-state index in [0.717, 1.165) is 64.1 Å². The average Bonchev–Trinajstić information content (AvgIpc) is 3.61. The molecule has 184 valence electrons. The quantitative estimate of drug-likeness (QED) is 0.447. The number of nitrogens with one attached hydrogen (secondary N) is 1. The molecule has 1 saturated heterocycles. The lowest BCUT2D eigenvalue weighted by Gasteiger charge is -2.35. The Morgan fingerprint density at radius 1 is 1.06 bits per heavy atom. The number of benzene rings is 2. The number of anilines is 2. The molecule has 3 aliphatic rings. The third kappa shape index (κ3) is 3.17. The molecule has 0 unspecified atom stereocenters. The third-order valence-corrected chi connectivity index (χ3v) is 7.70. The van der Waals surface area contributed by atoms with Crippen LogP contribution in [0.4, 0.5) is 11.5 Å². The van der Waals surface area contributed by atoms with Gasteiger partial charge in [0.1, 0.15) is 5.82 Å². The van der Waals surface area contributed by atoms with Crippen molar-refractivity contribution in [3.8, 4) is 22.9 Å². The van der Waals surface area contributed by atoms with Gasteiger partial charge in [0.15, 0.2) is 17.3 Å². The first-order valence-electron chi connectivity index (χ1n) is 12.5. The Labute approximate surface area is 209 Å². The van der Waals surface area contributed by atoms with Crippen molar-refractivity contribution in [3.63, 3.8) is 0 Å². The van der Waals surface area contributed by atoms with Gasteiger partial charge in [-0.25, -0.2) is 9.97 Å². The van der Waals surface area contributed by atoms with Gasteiger partial charge in [-0.15, -0.1) is 0 Å². The molecule has 0 saturated carbocycles. The molecule has 8 nitrogen and oxygen atoms in total. The SMILES string of the molecule is C[C@@H]1COCCN1c1nc(-c2cccc3[nH]ccc23)nc2c1CN(c1ccc3c(c1)OCO3)C2(C)C. The molecule has 3 aliphatic heterocycles. The van der Waals surface area contributed by atoms with Crippen LogP contribution in [0.2, 0.25) is 0 Å². The van der Waals surface area contributed by atoms with E-state index in [-0.39, 0.29) is 18.4 Å². The zero-order valence-electron chi connectivity index (χ0n) is 20.7. The van der Waals surface area contributed by atoms with Gasteiger partial charge in [-0.2, -0.15) is 0 Å². The van der Waals surface area contributed by atoms with Gasteiger partial charge in [0, 0.05) is 53.1 Å². The average molecular weight is 484 g/mol. The summed E-state index contributed by atoms with van der Waals surface area (Å²) in [6, 6.07) is 14.8. The van der Waals surface area contributed by atoms with E-state index in [1.807, 2.05) is 12.3 Å². The third-order valence-electron chi connectivity index (χ3n) is 7.70. The van der Waals surface area contributed by atoms with Gasteiger partial charge in [-0.1, -0.05) is 12.1 Å². The lowest BCUT2D eigenvalue weighted by Crippen LogP contribution is -2.44. The van der Waals surface area contributed by atoms with Gasteiger partial charge < -0.3 is 29.0 Å². The van der Waals surface area contributed by atoms with Crippen LogP contribution in [0.1, 0.15) is 32.0 Å². The molecule has 0 spiro atoms. The molecule has 36 heavy (non-hydrogen) atoms. The first-order chi connectivity index (χ1) is 17.5. The second kappa shape index (κ2) is 7.86. The van der Waals surface area contributed by atoms with E-state index in [4.69, 9.17) is 24.2 Å². The Balaban J connectivity index is 1.41. The van der Waals surface area contributed by atoms with Crippen molar-refractivity contribution < 1.29 is 14.2 Å². The fourth-order valence-corrected chi connectivity index (χ4v) is 5.75. The highest BCUT2D eigenvalue weighted by atomic mass is 16.7. The Morgan fingerprint density at radius 3 is 2.83 bits per heavy atom. The number of ether oxygens (including phenoxy) is 3. The van der Waals surface area contributed by atoms with Crippen LogP contribution in [-0.4, -0.2) is 47.5 Å². The highest BCUT2D eigenvalue weighted by Gasteiger charge is 2.43. The van der Waals surface area contributed by atoms with E-state index in [9.17, 15) is 0 Å². The minimum absolute atomic E-state index is 0.233. The molecule has 1 N–H and O–H groups in total. The second-order valence-electron chi connectivity index (χ2n) is 10.2. The van der Waals surface area contributed by atoms with E-state index in [0.29, 0.717) is 13.2 Å². The topological polar surface area (TPSA) is 75.7 Å². The number of aromatic nitrogens is 3. The Morgan fingerprint density at radius 2 is 1.94 bits per heavy atom. The zero-order chi connectivity index (χ0) is 24.4. The summed E-state index contributed by atoms with van der Waals surface area (Å²) in [4.78, 5) is 18.6. The number of hydrogen-bond acceptors (Lipinski definition) is 7. The smallest absolute Gasteiger partial charge is 0.231 e. The van der Waals surface area contributed by atoms with Crippen molar-refractivity contribution in [1.29, 1.82) is 0 Å². The van der Waals surface area contributed by atoms with Gasteiger partial charge in [0.25, 0.3) is 0 Å². The summed E-state index contributed by atoms with van der Waals surface area (Å²) in [5.74, 6) is 3.34. The molecular formula is C28H29N5O3. The summed E-state index contributed by atoms with van der Waals surface area (Å²) in [5.41, 5.74) is 5.09. The number of rotatable bonds is 3. The summed E-state index contributed by atoms with van der Waals surface area (Å²) in [6.07, 6.45) is 1.97. The van der Waals surface area contributed by atoms with Crippen LogP contribution in [0.15, 0.2) is 48.7 Å². The van der Waals surface area contributed by atoms with E-state index < -0.39 is 0 Å². The number of fused-ring (bicyclic) bond motifs is 3. The van der Waals surface area contributed by atoms with Crippen molar-refractivity contribution in [2.24, 2.45) is 0 Å². The lowest BCUT2D eigenvalue weighted by atomic mass is 9.98. The van der Waals surface area contributed by atoms with Crippen LogP contribution in [0, 0.1) is 0 Å². The van der Waals surface area contributed by atoms with Crippen LogP contribution < -0.4 is 19.3 Å². The van der Waals surface area contributed by atoms with Gasteiger partial charge >= 0.3 is 0 Å². The highest BCUT2D eigenvalue weighted by Crippen LogP contribution is 2.47. The molecule has 1 fully saturated rings. The monoisotopic (exact) mass is 483 g/mol. The molecule has 4 aromatic rings. The van der Waals surface area contributed by atoms with E-state index >= 15 is 0 Å². The standard InChI is InChI=1S/C28H29N5O3/c1-17-15-34-12-11-32(17)27-21-14-33(18-7-8-23-24(13-18)36-16-35-23)28(2,3)25(21)30-26(31-27)20-5-4-6-22-19(20)9-10-29-22/h4-10,13,17,29H,11-12,14-16H2,1-3H3/t17-/m1/s1. The zero-order valence-corrected chi connectivity index (χ0v) is 20.7. The molecule has 2 aromatic heterocycles. The summed E-state index contributed by atoms with van der Waals surface area (Å²) < 4.78 is 17.0.